The largest absolute Gasteiger partial charge is 0.327 e. The SMILES string of the molecule is CN1CCC2(CC1)CC2N. The van der Waals surface area contributed by atoms with E-state index in [2.05, 4.69) is 11.9 Å². The van der Waals surface area contributed by atoms with Crippen molar-refractivity contribution < 1.29 is 0 Å². The minimum Gasteiger partial charge on any atom is -0.327 e. The van der Waals surface area contributed by atoms with Crippen molar-refractivity contribution in [1.82, 2.24) is 4.90 Å². The molecule has 2 nitrogen and oxygen atoms in total. The van der Waals surface area contributed by atoms with Crippen molar-refractivity contribution in [2.75, 3.05) is 20.1 Å². The molecule has 1 saturated carbocycles. The summed E-state index contributed by atoms with van der Waals surface area (Å²) in [4.78, 5) is 2.40. The Labute approximate surface area is 62.4 Å². The molecule has 0 aromatic heterocycles. The first-order valence-electron chi connectivity index (χ1n) is 4.17. The van der Waals surface area contributed by atoms with Crippen LogP contribution in [-0.2, 0) is 0 Å². The van der Waals surface area contributed by atoms with E-state index >= 15 is 0 Å². The number of likely N-dealkylation sites (tertiary alicyclic amines) is 1. The quantitative estimate of drug-likeness (QED) is 0.528. The Balaban J connectivity index is 1.93. The number of nitrogens with zero attached hydrogens (tertiary/aromatic N) is 1. The summed E-state index contributed by atoms with van der Waals surface area (Å²) in [5.41, 5.74) is 6.46. The molecular weight excluding hydrogens is 124 g/mol. The molecule has 2 aliphatic rings. The molecule has 0 bridgehead atoms. The zero-order chi connectivity index (χ0) is 7.19. The molecular formula is C8H16N2. The molecule has 1 atom stereocenters. The van der Waals surface area contributed by atoms with Crippen molar-refractivity contribution >= 4 is 0 Å². The van der Waals surface area contributed by atoms with Crippen LogP contribution >= 0.6 is 0 Å². The molecule has 2 heteroatoms. The van der Waals surface area contributed by atoms with Gasteiger partial charge in [0.1, 0.15) is 0 Å². The Kier molecular flexibility index (Phi) is 1.29. The van der Waals surface area contributed by atoms with Gasteiger partial charge in [-0.2, -0.15) is 0 Å². The fraction of sp³-hybridized carbons (Fsp3) is 1.00. The first-order valence-corrected chi connectivity index (χ1v) is 4.17. The van der Waals surface area contributed by atoms with E-state index < -0.39 is 0 Å². The Bertz CT molecular complexity index is 136. The summed E-state index contributed by atoms with van der Waals surface area (Å²) in [7, 11) is 2.20. The molecule has 2 N–H and O–H groups in total. The molecule has 1 aliphatic heterocycles. The first kappa shape index (κ1) is 6.62. The van der Waals surface area contributed by atoms with Crippen molar-refractivity contribution in [3.8, 4) is 0 Å². The molecule has 10 heavy (non-hydrogen) atoms. The van der Waals surface area contributed by atoms with Crippen molar-refractivity contribution in [2.45, 2.75) is 25.3 Å². The van der Waals surface area contributed by atoms with Crippen LogP contribution in [0.1, 0.15) is 19.3 Å². The number of rotatable bonds is 0. The van der Waals surface area contributed by atoms with Gasteiger partial charge in [-0.25, -0.2) is 0 Å². The number of hydrogen-bond acceptors (Lipinski definition) is 2. The summed E-state index contributed by atoms with van der Waals surface area (Å²) in [6, 6.07) is 0.543. The second kappa shape index (κ2) is 1.95. The minimum atomic E-state index is 0.543. The molecule has 58 valence electrons. The first-order chi connectivity index (χ1) is 4.73. The van der Waals surface area contributed by atoms with Gasteiger partial charge in [0.05, 0.1) is 0 Å². The van der Waals surface area contributed by atoms with E-state index in [4.69, 9.17) is 5.73 Å². The fourth-order valence-electron chi connectivity index (χ4n) is 2.02. The minimum absolute atomic E-state index is 0.543. The Morgan fingerprint density at radius 2 is 1.90 bits per heavy atom. The van der Waals surface area contributed by atoms with E-state index in [0.717, 1.165) is 0 Å². The summed E-state index contributed by atoms with van der Waals surface area (Å²) in [5, 5.41) is 0. The smallest absolute Gasteiger partial charge is 0.0103 e. The van der Waals surface area contributed by atoms with Gasteiger partial charge in [0.25, 0.3) is 0 Å². The van der Waals surface area contributed by atoms with Crippen molar-refractivity contribution in [3.05, 3.63) is 0 Å². The highest BCUT2D eigenvalue weighted by Crippen LogP contribution is 2.52. The number of hydrogen-bond donors (Lipinski definition) is 1. The highest BCUT2D eigenvalue weighted by molar-refractivity contribution is 5.07. The Hall–Kier alpha value is -0.0800. The van der Waals surface area contributed by atoms with Gasteiger partial charge in [-0.05, 0) is 44.8 Å². The van der Waals surface area contributed by atoms with E-state index in [9.17, 15) is 0 Å². The van der Waals surface area contributed by atoms with Crippen LogP contribution in [0.5, 0.6) is 0 Å². The third-order valence-corrected chi connectivity index (χ3v) is 3.24. The molecule has 0 amide bonds. The third kappa shape index (κ3) is 0.867. The van der Waals surface area contributed by atoms with Crippen LogP contribution in [0, 0.1) is 5.41 Å². The number of nitrogens with two attached hydrogens (primary N) is 1. The lowest BCUT2D eigenvalue weighted by Crippen LogP contribution is -2.33. The Morgan fingerprint density at radius 1 is 1.40 bits per heavy atom. The van der Waals surface area contributed by atoms with Gasteiger partial charge in [-0.3, -0.25) is 0 Å². The lowest BCUT2D eigenvalue weighted by Gasteiger charge is -2.29. The van der Waals surface area contributed by atoms with Gasteiger partial charge in [-0.1, -0.05) is 0 Å². The normalized spacial score (nSPS) is 38.4. The van der Waals surface area contributed by atoms with Crippen LogP contribution in [0.2, 0.25) is 0 Å². The third-order valence-electron chi connectivity index (χ3n) is 3.24. The maximum atomic E-state index is 5.86. The predicted molar refractivity (Wildman–Crippen MR) is 41.8 cm³/mol. The van der Waals surface area contributed by atoms with Crippen molar-refractivity contribution in [2.24, 2.45) is 11.1 Å². The zero-order valence-corrected chi connectivity index (χ0v) is 6.64. The second-order valence-electron chi connectivity index (χ2n) is 3.98. The van der Waals surface area contributed by atoms with Crippen LogP contribution in [0.3, 0.4) is 0 Å². The van der Waals surface area contributed by atoms with E-state index in [-0.39, 0.29) is 0 Å². The summed E-state index contributed by atoms with van der Waals surface area (Å²) < 4.78 is 0. The van der Waals surface area contributed by atoms with Gasteiger partial charge in [0, 0.05) is 6.04 Å². The van der Waals surface area contributed by atoms with Gasteiger partial charge in [0.2, 0.25) is 0 Å². The van der Waals surface area contributed by atoms with Crippen molar-refractivity contribution in [3.63, 3.8) is 0 Å². The maximum absolute atomic E-state index is 5.86. The van der Waals surface area contributed by atoms with Crippen LogP contribution in [0.15, 0.2) is 0 Å². The van der Waals surface area contributed by atoms with E-state index in [1.165, 1.54) is 32.4 Å². The molecule has 0 radical (unpaired) electrons. The van der Waals surface area contributed by atoms with Crippen LogP contribution in [0.25, 0.3) is 0 Å². The lowest BCUT2D eigenvalue weighted by atomic mass is 9.93. The van der Waals surface area contributed by atoms with Gasteiger partial charge in [-0.15, -0.1) is 0 Å². The molecule has 1 spiro atoms. The fourth-order valence-corrected chi connectivity index (χ4v) is 2.02. The molecule has 0 aromatic carbocycles. The van der Waals surface area contributed by atoms with Crippen LogP contribution in [-0.4, -0.2) is 31.1 Å². The van der Waals surface area contributed by atoms with Gasteiger partial charge in [0.15, 0.2) is 0 Å². The average molecular weight is 140 g/mol. The second-order valence-corrected chi connectivity index (χ2v) is 3.98. The molecule has 2 rings (SSSR count). The standard InChI is InChI=1S/C8H16N2/c1-10-4-2-8(3-5-10)6-7(8)9/h7H,2-6,9H2,1H3. The average Bonchev–Trinajstić information content (AvgIpc) is 2.53. The van der Waals surface area contributed by atoms with E-state index in [1.54, 1.807) is 0 Å². The molecule has 0 aromatic rings. The zero-order valence-electron chi connectivity index (χ0n) is 6.64. The Morgan fingerprint density at radius 3 is 2.30 bits per heavy atom. The summed E-state index contributed by atoms with van der Waals surface area (Å²) in [6.07, 6.45) is 3.97. The van der Waals surface area contributed by atoms with Gasteiger partial charge < -0.3 is 10.6 Å². The topological polar surface area (TPSA) is 29.3 Å². The number of piperidine rings is 1. The molecule has 1 heterocycles. The highest BCUT2D eigenvalue weighted by Gasteiger charge is 2.52. The summed E-state index contributed by atoms with van der Waals surface area (Å²) in [6.45, 7) is 2.52. The lowest BCUT2D eigenvalue weighted by molar-refractivity contribution is 0.201. The molecule has 1 saturated heterocycles. The summed E-state index contributed by atoms with van der Waals surface area (Å²) in [5.74, 6) is 0. The maximum Gasteiger partial charge on any atom is 0.0103 e. The highest BCUT2D eigenvalue weighted by atomic mass is 15.1. The summed E-state index contributed by atoms with van der Waals surface area (Å²) >= 11 is 0. The molecule has 2 fully saturated rings. The monoisotopic (exact) mass is 140 g/mol. The van der Waals surface area contributed by atoms with Gasteiger partial charge >= 0.3 is 0 Å². The molecule has 1 unspecified atom stereocenters. The molecule has 1 aliphatic carbocycles. The van der Waals surface area contributed by atoms with E-state index in [1.807, 2.05) is 0 Å². The van der Waals surface area contributed by atoms with Crippen molar-refractivity contribution in [1.29, 1.82) is 0 Å². The predicted octanol–water partition coefficient (Wildman–Crippen LogP) is 0.429. The van der Waals surface area contributed by atoms with Crippen LogP contribution in [0.4, 0.5) is 0 Å². The van der Waals surface area contributed by atoms with Crippen LogP contribution < -0.4 is 5.73 Å². The van der Waals surface area contributed by atoms with E-state index in [0.29, 0.717) is 11.5 Å².